The van der Waals surface area contributed by atoms with Gasteiger partial charge in [-0.2, -0.15) is 5.10 Å². The summed E-state index contributed by atoms with van der Waals surface area (Å²) in [7, 11) is 0. The first-order valence-corrected chi connectivity index (χ1v) is 5.44. The molecule has 3 heterocycles. The zero-order chi connectivity index (χ0) is 13.1. The number of anilines is 1. The highest BCUT2D eigenvalue weighted by Gasteiger charge is 2.10. The van der Waals surface area contributed by atoms with Crippen molar-refractivity contribution < 1.29 is 4.79 Å². The van der Waals surface area contributed by atoms with Crippen molar-refractivity contribution in [2.45, 2.75) is 0 Å². The summed E-state index contributed by atoms with van der Waals surface area (Å²) in [6.45, 7) is 0. The minimum Gasteiger partial charge on any atom is -0.304 e. The second kappa shape index (κ2) is 4.69. The SMILES string of the molecule is O=C(Nc1cccnc1-n1cncn1)n1ccnc1. The monoisotopic (exact) mass is 255 g/mol. The Kier molecular flexibility index (Phi) is 2.73. The number of carbonyl (C=O) groups is 1. The third-order valence-electron chi connectivity index (χ3n) is 2.40. The molecular formula is C11H9N7O. The Hall–Kier alpha value is -3.03. The number of nitrogens with zero attached hydrogens (tertiary/aromatic N) is 6. The number of pyridine rings is 1. The lowest BCUT2D eigenvalue weighted by Gasteiger charge is -2.09. The molecule has 94 valence electrons. The van der Waals surface area contributed by atoms with Crippen LogP contribution in [-0.2, 0) is 0 Å². The molecule has 19 heavy (non-hydrogen) atoms. The topological polar surface area (TPSA) is 90.5 Å². The summed E-state index contributed by atoms with van der Waals surface area (Å²) in [6.07, 6.45) is 9.03. The van der Waals surface area contributed by atoms with Crippen molar-refractivity contribution in [2.24, 2.45) is 0 Å². The van der Waals surface area contributed by atoms with Crippen LogP contribution < -0.4 is 5.32 Å². The molecule has 1 amide bonds. The van der Waals surface area contributed by atoms with Crippen molar-refractivity contribution in [2.75, 3.05) is 5.32 Å². The second-order valence-electron chi connectivity index (χ2n) is 3.61. The van der Waals surface area contributed by atoms with Crippen LogP contribution in [0.5, 0.6) is 0 Å². The van der Waals surface area contributed by atoms with E-state index in [1.54, 1.807) is 24.5 Å². The average molecular weight is 255 g/mol. The predicted octanol–water partition coefficient (Wildman–Crippen LogP) is 0.939. The molecule has 0 radical (unpaired) electrons. The van der Waals surface area contributed by atoms with E-state index in [0.717, 1.165) is 0 Å². The number of nitrogens with one attached hydrogen (secondary N) is 1. The molecule has 0 aromatic carbocycles. The molecule has 0 fully saturated rings. The van der Waals surface area contributed by atoms with E-state index in [-0.39, 0.29) is 6.03 Å². The Balaban J connectivity index is 1.92. The molecule has 0 aliphatic heterocycles. The van der Waals surface area contributed by atoms with Gasteiger partial charge in [-0.25, -0.2) is 24.4 Å². The van der Waals surface area contributed by atoms with Crippen LogP contribution in [0.4, 0.5) is 10.5 Å². The number of aromatic nitrogens is 6. The highest BCUT2D eigenvalue weighted by atomic mass is 16.2. The van der Waals surface area contributed by atoms with Gasteiger partial charge in [0.15, 0.2) is 5.82 Å². The Bertz CT molecular complexity index is 675. The summed E-state index contributed by atoms with van der Waals surface area (Å²) in [4.78, 5) is 23.8. The van der Waals surface area contributed by atoms with Gasteiger partial charge in [-0.3, -0.25) is 4.57 Å². The van der Waals surface area contributed by atoms with Gasteiger partial charge in [-0.15, -0.1) is 0 Å². The lowest BCUT2D eigenvalue weighted by molar-refractivity contribution is 0.253. The summed E-state index contributed by atoms with van der Waals surface area (Å²) >= 11 is 0. The molecular weight excluding hydrogens is 246 g/mol. The lowest BCUT2D eigenvalue weighted by atomic mass is 10.4. The van der Waals surface area contributed by atoms with Crippen LogP contribution in [0.1, 0.15) is 0 Å². The van der Waals surface area contributed by atoms with Gasteiger partial charge in [-0.1, -0.05) is 0 Å². The highest BCUT2D eigenvalue weighted by Crippen LogP contribution is 2.15. The highest BCUT2D eigenvalue weighted by molar-refractivity contribution is 5.92. The van der Waals surface area contributed by atoms with Crippen LogP contribution in [0.15, 0.2) is 49.7 Å². The molecule has 0 bridgehead atoms. The van der Waals surface area contributed by atoms with Crippen molar-refractivity contribution >= 4 is 11.7 Å². The molecule has 0 aliphatic carbocycles. The second-order valence-corrected chi connectivity index (χ2v) is 3.61. The van der Waals surface area contributed by atoms with Crippen molar-refractivity contribution in [1.82, 2.24) is 29.3 Å². The van der Waals surface area contributed by atoms with Gasteiger partial charge in [0.25, 0.3) is 0 Å². The summed E-state index contributed by atoms with van der Waals surface area (Å²) in [5.41, 5.74) is 0.534. The molecule has 8 heteroatoms. The first-order valence-electron chi connectivity index (χ1n) is 5.44. The smallest absolute Gasteiger partial charge is 0.304 e. The largest absolute Gasteiger partial charge is 0.331 e. The quantitative estimate of drug-likeness (QED) is 0.735. The van der Waals surface area contributed by atoms with Gasteiger partial charge in [0.2, 0.25) is 0 Å². The first kappa shape index (κ1) is 11.1. The van der Waals surface area contributed by atoms with E-state index in [2.05, 4.69) is 25.4 Å². The summed E-state index contributed by atoms with van der Waals surface area (Å²) in [5, 5.41) is 6.72. The number of imidazole rings is 1. The van der Waals surface area contributed by atoms with Crippen LogP contribution in [0.3, 0.4) is 0 Å². The van der Waals surface area contributed by atoms with Crippen LogP contribution in [0.25, 0.3) is 5.82 Å². The summed E-state index contributed by atoms with van der Waals surface area (Å²) < 4.78 is 2.81. The van der Waals surface area contributed by atoms with Crippen molar-refractivity contribution in [3.05, 3.63) is 49.7 Å². The number of carbonyl (C=O) groups excluding carboxylic acids is 1. The van der Waals surface area contributed by atoms with Gasteiger partial charge in [0, 0.05) is 18.6 Å². The van der Waals surface area contributed by atoms with E-state index in [1.807, 2.05) is 0 Å². The zero-order valence-corrected chi connectivity index (χ0v) is 9.71. The van der Waals surface area contributed by atoms with Crippen molar-refractivity contribution in [1.29, 1.82) is 0 Å². The molecule has 1 N–H and O–H groups in total. The van der Waals surface area contributed by atoms with E-state index in [1.165, 1.54) is 34.4 Å². The molecule has 0 saturated heterocycles. The minimum absolute atomic E-state index is 0.327. The van der Waals surface area contributed by atoms with E-state index < -0.39 is 0 Å². The van der Waals surface area contributed by atoms with Crippen LogP contribution in [0.2, 0.25) is 0 Å². The van der Waals surface area contributed by atoms with E-state index in [0.29, 0.717) is 11.5 Å². The van der Waals surface area contributed by atoms with Gasteiger partial charge in [0.05, 0.1) is 5.69 Å². The fourth-order valence-electron chi connectivity index (χ4n) is 1.55. The molecule has 0 spiro atoms. The Morgan fingerprint density at radius 2 is 2.16 bits per heavy atom. The Morgan fingerprint density at radius 3 is 2.89 bits per heavy atom. The van der Waals surface area contributed by atoms with Crippen LogP contribution in [0, 0.1) is 0 Å². The number of rotatable bonds is 2. The average Bonchev–Trinajstić information content (AvgIpc) is 3.13. The fraction of sp³-hybridized carbons (Fsp3) is 0. The zero-order valence-electron chi connectivity index (χ0n) is 9.71. The summed E-state index contributed by atoms with van der Waals surface area (Å²) in [5.74, 6) is 0.494. The minimum atomic E-state index is -0.327. The van der Waals surface area contributed by atoms with E-state index in [4.69, 9.17) is 0 Å². The number of hydrogen-bond donors (Lipinski definition) is 1. The van der Waals surface area contributed by atoms with Crippen LogP contribution >= 0.6 is 0 Å². The molecule has 0 aliphatic rings. The van der Waals surface area contributed by atoms with Gasteiger partial charge in [0.1, 0.15) is 19.0 Å². The molecule has 3 aromatic heterocycles. The van der Waals surface area contributed by atoms with E-state index in [9.17, 15) is 4.79 Å². The van der Waals surface area contributed by atoms with Gasteiger partial charge >= 0.3 is 6.03 Å². The number of amides is 1. The first-order chi connectivity index (χ1) is 9.34. The molecule has 0 atom stereocenters. The normalized spacial score (nSPS) is 10.3. The molecule has 3 aromatic rings. The van der Waals surface area contributed by atoms with Crippen molar-refractivity contribution in [3.8, 4) is 5.82 Å². The standard InChI is InChI=1S/C11H9N7O/c19-11(17-5-4-12-7-17)16-9-2-1-3-14-10(9)18-8-13-6-15-18/h1-8H,(H,16,19). The third kappa shape index (κ3) is 2.18. The third-order valence-corrected chi connectivity index (χ3v) is 2.40. The number of hydrogen-bond acceptors (Lipinski definition) is 5. The van der Waals surface area contributed by atoms with Crippen LogP contribution in [-0.4, -0.2) is 35.3 Å². The summed E-state index contributed by atoms with van der Waals surface area (Å²) in [6, 6.07) is 3.13. The molecule has 0 unspecified atom stereocenters. The Labute approximate surface area is 107 Å². The molecule has 3 rings (SSSR count). The predicted molar refractivity (Wildman–Crippen MR) is 65.8 cm³/mol. The maximum absolute atomic E-state index is 11.9. The molecule has 0 saturated carbocycles. The van der Waals surface area contributed by atoms with E-state index >= 15 is 0 Å². The van der Waals surface area contributed by atoms with Gasteiger partial charge < -0.3 is 5.32 Å². The molecule has 8 nitrogen and oxygen atoms in total. The maximum Gasteiger partial charge on any atom is 0.331 e. The Morgan fingerprint density at radius 1 is 1.21 bits per heavy atom. The van der Waals surface area contributed by atoms with Crippen molar-refractivity contribution in [3.63, 3.8) is 0 Å². The fourth-order valence-corrected chi connectivity index (χ4v) is 1.55. The maximum atomic E-state index is 11.9. The van der Waals surface area contributed by atoms with Gasteiger partial charge in [-0.05, 0) is 12.1 Å². The lowest BCUT2D eigenvalue weighted by Crippen LogP contribution is -2.19.